The lowest BCUT2D eigenvalue weighted by Crippen LogP contribution is -2.23. The zero-order valence-electron chi connectivity index (χ0n) is 19.1. The first-order valence-electron chi connectivity index (χ1n) is 10.5. The zero-order chi connectivity index (χ0) is 25.5. The Morgan fingerprint density at radius 2 is 1.51 bits per heavy atom. The molecule has 0 aliphatic carbocycles. The third-order valence-electron chi connectivity index (χ3n) is 4.67. The van der Waals surface area contributed by atoms with Crippen molar-refractivity contribution in [1.82, 2.24) is 5.32 Å². The van der Waals surface area contributed by atoms with Gasteiger partial charge in [0.15, 0.2) is 5.75 Å². The molecule has 3 aromatic carbocycles. The fourth-order valence-corrected chi connectivity index (χ4v) is 3.11. The smallest absolute Gasteiger partial charge is 0.251 e. The van der Waals surface area contributed by atoms with E-state index in [1.54, 1.807) is 18.4 Å². The molecular weight excluding hydrogens is 446 g/mol. The Balaban J connectivity index is 0.00000103. The number of anilines is 2. The van der Waals surface area contributed by atoms with Crippen LogP contribution in [0.25, 0.3) is 0 Å². The Labute approximate surface area is 203 Å². The van der Waals surface area contributed by atoms with E-state index < -0.39 is 0 Å². The number of carbonyl (C=O) groups is 3. The summed E-state index contributed by atoms with van der Waals surface area (Å²) in [6.07, 6.45) is 1.61. The number of benzene rings is 3. The molecule has 0 radical (unpaired) electrons. The quantitative estimate of drug-likeness (QED) is 0.313. The monoisotopic (exact) mass is 473 g/mol. The van der Waals surface area contributed by atoms with Crippen LogP contribution in [0.3, 0.4) is 0 Å². The number of rotatable bonds is 8. The van der Waals surface area contributed by atoms with Gasteiger partial charge in [0.2, 0.25) is 0 Å². The van der Waals surface area contributed by atoms with Gasteiger partial charge in [0.25, 0.3) is 5.91 Å². The number of carbonyl (C=O) groups excluding carboxylic acids is 3. The first-order valence-corrected chi connectivity index (χ1v) is 10.5. The standard InChI is InChI=1S/C25H23N3O3.2CH2O/c26-22-14-19(25(29)28-16-18-8-3-1-4-9-18)15-23(27-17-21-12-7-13-30-21)24(22)31-20-10-5-2-6-11-20;2*1-2/h1-15,27H,16-17,26H2,(H,28,29);2*1H2. The zero-order valence-corrected chi connectivity index (χ0v) is 19.1. The molecule has 180 valence electrons. The van der Waals surface area contributed by atoms with Crippen LogP contribution in [0, 0.1) is 0 Å². The van der Waals surface area contributed by atoms with Crippen molar-refractivity contribution in [2.24, 2.45) is 0 Å². The van der Waals surface area contributed by atoms with Gasteiger partial charge in [-0.2, -0.15) is 0 Å². The van der Waals surface area contributed by atoms with Gasteiger partial charge in [-0.15, -0.1) is 0 Å². The normalized spacial score (nSPS) is 9.49. The number of hydrogen-bond acceptors (Lipinski definition) is 7. The van der Waals surface area contributed by atoms with E-state index in [4.69, 9.17) is 24.5 Å². The van der Waals surface area contributed by atoms with E-state index in [1.807, 2.05) is 86.4 Å². The molecule has 0 spiro atoms. The molecule has 4 rings (SSSR count). The second kappa shape index (κ2) is 14.3. The van der Waals surface area contributed by atoms with Crippen LogP contribution in [0.2, 0.25) is 0 Å². The minimum absolute atomic E-state index is 0.220. The minimum atomic E-state index is -0.220. The molecule has 0 saturated carbocycles. The average molecular weight is 474 g/mol. The van der Waals surface area contributed by atoms with Crippen LogP contribution in [0.4, 0.5) is 11.4 Å². The number of furan rings is 1. The molecule has 8 nitrogen and oxygen atoms in total. The molecule has 1 aromatic heterocycles. The Morgan fingerprint density at radius 1 is 0.857 bits per heavy atom. The van der Waals surface area contributed by atoms with E-state index in [1.165, 1.54) is 0 Å². The van der Waals surface area contributed by atoms with Crippen LogP contribution in [0.1, 0.15) is 21.7 Å². The third-order valence-corrected chi connectivity index (χ3v) is 4.67. The molecule has 1 amide bonds. The van der Waals surface area contributed by atoms with Crippen molar-refractivity contribution in [3.8, 4) is 11.5 Å². The molecule has 0 fully saturated rings. The van der Waals surface area contributed by atoms with Gasteiger partial charge in [-0.05, 0) is 42.0 Å². The van der Waals surface area contributed by atoms with Gasteiger partial charge in [0.1, 0.15) is 25.1 Å². The van der Waals surface area contributed by atoms with Gasteiger partial charge in [-0.25, -0.2) is 0 Å². The third kappa shape index (κ3) is 7.90. The second-order valence-corrected chi connectivity index (χ2v) is 6.96. The highest BCUT2D eigenvalue weighted by Gasteiger charge is 2.16. The van der Waals surface area contributed by atoms with Crippen LogP contribution in [0.15, 0.2) is 95.6 Å². The molecule has 0 aliphatic rings. The van der Waals surface area contributed by atoms with Crippen molar-refractivity contribution in [3.63, 3.8) is 0 Å². The summed E-state index contributed by atoms with van der Waals surface area (Å²) in [5, 5.41) is 6.19. The van der Waals surface area contributed by atoms with Crippen molar-refractivity contribution in [2.75, 3.05) is 11.1 Å². The van der Waals surface area contributed by atoms with Gasteiger partial charge >= 0.3 is 0 Å². The van der Waals surface area contributed by atoms with Crippen LogP contribution in [0.5, 0.6) is 11.5 Å². The summed E-state index contributed by atoms with van der Waals surface area (Å²) >= 11 is 0. The Bertz CT molecular complexity index is 1160. The molecule has 35 heavy (non-hydrogen) atoms. The molecule has 4 N–H and O–H groups in total. The fourth-order valence-electron chi connectivity index (χ4n) is 3.11. The lowest BCUT2D eigenvalue weighted by Gasteiger charge is -2.17. The van der Waals surface area contributed by atoms with Crippen LogP contribution in [-0.2, 0) is 22.7 Å². The van der Waals surface area contributed by atoms with Gasteiger partial charge in [-0.3, -0.25) is 4.79 Å². The molecule has 0 bridgehead atoms. The molecule has 1 heterocycles. The first-order chi connectivity index (χ1) is 17.2. The molecule has 8 heteroatoms. The SMILES string of the molecule is C=O.C=O.Nc1cc(C(=O)NCc2ccccc2)cc(NCc2ccco2)c1Oc1ccccc1. The lowest BCUT2D eigenvalue weighted by atomic mass is 10.1. The molecule has 0 unspecified atom stereocenters. The predicted molar refractivity (Wildman–Crippen MR) is 135 cm³/mol. The number of nitrogens with one attached hydrogen (secondary N) is 2. The van der Waals surface area contributed by atoms with Crippen LogP contribution in [-0.4, -0.2) is 19.5 Å². The summed E-state index contributed by atoms with van der Waals surface area (Å²) in [4.78, 5) is 28.8. The fraction of sp³-hybridized carbons (Fsp3) is 0.0741. The number of amides is 1. The van der Waals surface area contributed by atoms with Crippen molar-refractivity contribution >= 4 is 30.9 Å². The molecule has 0 aliphatic heterocycles. The highest BCUT2D eigenvalue weighted by Crippen LogP contribution is 2.37. The Kier molecular flexibility index (Phi) is 10.8. The average Bonchev–Trinajstić information content (AvgIpc) is 3.45. The predicted octanol–water partition coefficient (Wildman–Crippen LogP) is 4.83. The summed E-state index contributed by atoms with van der Waals surface area (Å²) in [5.74, 6) is 1.64. The molecule has 4 aromatic rings. The summed E-state index contributed by atoms with van der Waals surface area (Å²) in [6, 6.07) is 26.1. The molecule has 0 saturated heterocycles. The Hall–Kier alpha value is -4.85. The largest absolute Gasteiger partial charge is 0.467 e. The maximum Gasteiger partial charge on any atom is 0.251 e. The minimum Gasteiger partial charge on any atom is -0.467 e. The van der Waals surface area contributed by atoms with Gasteiger partial charge < -0.3 is 35.1 Å². The van der Waals surface area contributed by atoms with Gasteiger partial charge in [0.05, 0.1) is 24.2 Å². The maximum absolute atomic E-state index is 12.8. The summed E-state index contributed by atoms with van der Waals surface area (Å²) in [7, 11) is 0. The van der Waals surface area contributed by atoms with Crippen molar-refractivity contribution in [1.29, 1.82) is 0 Å². The number of nitrogens with two attached hydrogens (primary N) is 1. The number of hydrogen-bond donors (Lipinski definition) is 3. The van der Waals surface area contributed by atoms with Crippen molar-refractivity contribution in [3.05, 3.63) is 108 Å². The van der Waals surface area contributed by atoms with E-state index >= 15 is 0 Å². The van der Waals surface area contributed by atoms with Crippen molar-refractivity contribution in [2.45, 2.75) is 13.1 Å². The van der Waals surface area contributed by atoms with E-state index in [0.29, 0.717) is 41.5 Å². The van der Waals surface area contributed by atoms with Gasteiger partial charge in [-0.1, -0.05) is 48.5 Å². The second-order valence-electron chi connectivity index (χ2n) is 6.96. The Morgan fingerprint density at radius 3 is 2.14 bits per heavy atom. The van der Waals surface area contributed by atoms with E-state index in [2.05, 4.69) is 10.6 Å². The van der Waals surface area contributed by atoms with E-state index in [9.17, 15) is 4.79 Å². The van der Waals surface area contributed by atoms with Gasteiger partial charge in [0, 0.05) is 12.1 Å². The molecule has 0 atom stereocenters. The van der Waals surface area contributed by atoms with Crippen LogP contribution < -0.4 is 21.1 Å². The lowest BCUT2D eigenvalue weighted by molar-refractivity contribution is -0.0987. The highest BCUT2D eigenvalue weighted by atomic mass is 16.5. The van der Waals surface area contributed by atoms with E-state index in [-0.39, 0.29) is 5.91 Å². The summed E-state index contributed by atoms with van der Waals surface area (Å²) in [6.45, 7) is 4.85. The first kappa shape index (κ1) is 26.4. The highest BCUT2D eigenvalue weighted by molar-refractivity contribution is 5.97. The summed E-state index contributed by atoms with van der Waals surface area (Å²) in [5.41, 5.74) is 8.72. The molecular formula is C27H27N3O5. The number of ether oxygens (including phenoxy) is 1. The number of nitrogen functional groups attached to an aromatic ring is 1. The van der Waals surface area contributed by atoms with Crippen LogP contribution >= 0.6 is 0 Å². The maximum atomic E-state index is 12.8. The number of para-hydroxylation sites is 1. The summed E-state index contributed by atoms with van der Waals surface area (Å²) < 4.78 is 11.4. The van der Waals surface area contributed by atoms with Crippen molar-refractivity contribution < 1.29 is 23.5 Å². The van der Waals surface area contributed by atoms with E-state index in [0.717, 1.165) is 11.3 Å². The topological polar surface area (TPSA) is 124 Å².